The van der Waals surface area contributed by atoms with Crippen molar-refractivity contribution in [2.24, 2.45) is 5.10 Å². The molecule has 0 spiro atoms. The molecule has 1 aromatic rings. The van der Waals surface area contributed by atoms with Crippen molar-refractivity contribution >= 4 is 40.6 Å². The lowest BCUT2D eigenvalue weighted by Crippen LogP contribution is -2.17. The molecule has 0 aliphatic heterocycles. The van der Waals surface area contributed by atoms with Crippen LogP contribution < -0.4 is 5.43 Å². The molecule has 0 radical (unpaired) electrons. The smallest absolute Gasteiger partial charge is 0.369 e. The van der Waals surface area contributed by atoms with E-state index in [0.717, 1.165) is 0 Å². The normalized spacial score (nSPS) is 10.7. The van der Waals surface area contributed by atoms with Crippen LogP contribution in [-0.2, 0) is 9.53 Å². The predicted octanol–water partition coefficient (Wildman–Crippen LogP) is 2.85. The second kappa shape index (κ2) is 6.84. The topological polar surface area (TPSA) is 74.5 Å². The number of halogens is 2. The van der Waals surface area contributed by atoms with E-state index in [0.29, 0.717) is 10.7 Å². The molecule has 0 amide bonds. The van der Waals surface area contributed by atoms with E-state index in [1.54, 1.807) is 31.2 Å². The maximum absolute atomic E-state index is 11.3. The Hall–Kier alpha value is -1.77. The fourth-order valence-electron chi connectivity index (χ4n) is 1.02. The second-order valence-electron chi connectivity index (χ2n) is 3.01. The first-order valence-electron chi connectivity index (χ1n) is 4.95. The molecule has 1 N–H and O–H groups in total. The highest BCUT2D eigenvalue weighted by molar-refractivity contribution is 6.44. The number of hydrazone groups is 1. The maximum Gasteiger partial charge on any atom is 0.369 e. The summed E-state index contributed by atoms with van der Waals surface area (Å²) in [6.07, 6.45) is 0. The second-order valence-corrected chi connectivity index (χ2v) is 3.79. The molecule has 94 valence electrons. The van der Waals surface area contributed by atoms with E-state index in [4.69, 9.17) is 28.5 Å². The van der Waals surface area contributed by atoms with Crippen molar-refractivity contribution in [3.63, 3.8) is 0 Å². The van der Waals surface area contributed by atoms with Crippen LogP contribution in [0.5, 0.6) is 0 Å². The number of rotatable bonds is 4. The molecule has 0 unspecified atom stereocenters. The number of nitrogens with one attached hydrogen (secondary N) is 1. The summed E-state index contributed by atoms with van der Waals surface area (Å²) in [5.74, 6) is -0.800. The third-order valence-corrected chi connectivity index (χ3v) is 2.63. The van der Waals surface area contributed by atoms with Crippen molar-refractivity contribution in [3.05, 3.63) is 28.2 Å². The Kier molecular flexibility index (Phi) is 5.43. The molecule has 1 rings (SSSR count). The molecule has 0 aliphatic carbocycles. The predicted molar refractivity (Wildman–Crippen MR) is 69.8 cm³/mol. The van der Waals surface area contributed by atoms with Gasteiger partial charge in [-0.05, 0) is 19.1 Å². The van der Waals surface area contributed by atoms with Gasteiger partial charge in [0.1, 0.15) is 6.07 Å². The van der Waals surface area contributed by atoms with E-state index < -0.39 is 11.7 Å². The fraction of sp³-hybridized carbons (Fsp3) is 0.182. The first-order chi connectivity index (χ1) is 8.60. The molecule has 0 bridgehead atoms. The van der Waals surface area contributed by atoms with Gasteiger partial charge in [0.25, 0.3) is 0 Å². The standard InChI is InChI=1S/C11H9Cl2N3O2/c1-2-18-11(17)9(6-14)16-15-8-5-3-4-7(12)10(8)13/h3-5,15H,2H2,1H3/b16-9-. The highest BCUT2D eigenvalue weighted by Gasteiger charge is 2.12. The largest absolute Gasteiger partial charge is 0.461 e. The molecule has 0 atom stereocenters. The number of nitrogens with zero attached hydrogens (tertiary/aromatic N) is 2. The maximum atomic E-state index is 11.3. The summed E-state index contributed by atoms with van der Waals surface area (Å²) in [5, 5.41) is 13.0. The van der Waals surface area contributed by atoms with Gasteiger partial charge in [0, 0.05) is 0 Å². The van der Waals surface area contributed by atoms with Gasteiger partial charge in [0.2, 0.25) is 5.71 Å². The Labute approximate surface area is 114 Å². The van der Waals surface area contributed by atoms with Crippen molar-refractivity contribution < 1.29 is 9.53 Å². The minimum Gasteiger partial charge on any atom is -0.461 e. The quantitative estimate of drug-likeness (QED) is 0.524. The average molecular weight is 286 g/mol. The summed E-state index contributed by atoms with van der Waals surface area (Å²) in [4.78, 5) is 11.3. The number of nitriles is 1. The summed E-state index contributed by atoms with van der Waals surface area (Å²) in [6.45, 7) is 1.80. The molecule has 0 fully saturated rings. The van der Waals surface area contributed by atoms with Gasteiger partial charge in [-0.3, -0.25) is 5.43 Å². The van der Waals surface area contributed by atoms with Crippen LogP contribution in [0.2, 0.25) is 10.0 Å². The molecular weight excluding hydrogens is 277 g/mol. The lowest BCUT2D eigenvalue weighted by atomic mass is 10.3. The van der Waals surface area contributed by atoms with E-state index in [-0.39, 0.29) is 11.6 Å². The van der Waals surface area contributed by atoms with Crippen LogP contribution in [-0.4, -0.2) is 18.3 Å². The molecule has 0 heterocycles. The summed E-state index contributed by atoms with van der Waals surface area (Å²) < 4.78 is 4.65. The first-order valence-corrected chi connectivity index (χ1v) is 5.70. The lowest BCUT2D eigenvalue weighted by molar-refractivity contribution is -0.134. The molecule has 0 saturated heterocycles. The van der Waals surface area contributed by atoms with Gasteiger partial charge in [-0.25, -0.2) is 4.79 Å². The zero-order valence-electron chi connectivity index (χ0n) is 9.41. The monoisotopic (exact) mass is 285 g/mol. The van der Waals surface area contributed by atoms with Gasteiger partial charge < -0.3 is 4.74 Å². The Morgan fingerprint density at radius 1 is 1.56 bits per heavy atom. The number of benzene rings is 1. The number of hydrogen-bond acceptors (Lipinski definition) is 5. The van der Waals surface area contributed by atoms with Gasteiger partial charge in [-0.15, -0.1) is 0 Å². The zero-order valence-corrected chi connectivity index (χ0v) is 10.9. The van der Waals surface area contributed by atoms with Gasteiger partial charge in [0.05, 0.1) is 22.3 Å². The molecule has 5 nitrogen and oxygen atoms in total. The number of carbonyl (C=O) groups excluding carboxylic acids is 1. The fourth-order valence-corrected chi connectivity index (χ4v) is 1.36. The van der Waals surface area contributed by atoms with Gasteiger partial charge in [0.15, 0.2) is 0 Å². The summed E-state index contributed by atoms with van der Waals surface area (Å²) >= 11 is 11.7. The van der Waals surface area contributed by atoms with Crippen LogP contribution in [0.1, 0.15) is 6.92 Å². The molecule has 0 saturated carbocycles. The third-order valence-electron chi connectivity index (χ3n) is 1.81. The average Bonchev–Trinajstić information content (AvgIpc) is 2.35. The molecular formula is C11H9Cl2N3O2. The number of carbonyl (C=O) groups is 1. The first kappa shape index (κ1) is 14.3. The summed E-state index contributed by atoms with van der Waals surface area (Å²) in [6, 6.07) is 6.50. The number of anilines is 1. The SMILES string of the molecule is CCOC(=O)/C(C#N)=N\Nc1cccc(Cl)c1Cl. The van der Waals surface area contributed by atoms with Crippen LogP contribution in [0.25, 0.3) is 0 Å². The molecule has 18 heavy (non-hydrogen) atoms. The summed E-state index contributed by atoms with van der Waals surface area (Å²) in [5.41, 5.74) is 2.49. The minimum absolute atomic E-state index is 0.164. The number of esters is 1. The molecule has 0 aromatic heterocycles. The van der Waals surface area contributed by atoms with Gasteiger partial charge in [-0.1, -0.05) is 29.3 Å². The van der Waals surface area contributed by atoms with Crippen LogP contribution in [0, 0.1) is 11.3 Å². The van der Waals surface area contributed by atoms with Crippen LogP contribution >= 0.6 is 23.2 Å². The van der Waals surface area contributed by atoms with E-state index >= 15 is 0 Å². The number of hydrogen-bond donors (Lipinski definition) is 1. The minimum atomic E-state index is -0.800. The van der Waals surface area contributed by atoms with Crippen molar-refractivity contribution in [2.75, 3.05) is 12.0 Å². The van der Waals surface area contributed by atoms with Crippen molar-refractivity contribution in [3.8, 4) is 6.07 Å². The number of ether oxygens (including phenoxy) is 1. The van der Waals surface area contributed by atoms with Gasteiger partial charge >= 0.3 is 5.97 Å². The summed E-state index contributed by atoms with van der Waals surface area (Å²) in [7, 11) is 0. The van der Waals surface area contributed by atoms with E-state index in [1.165, 1.54) is 0 Å². The van der Waals surface area contributed by atoms with E-state index in [9.17, 15) is 4.79 Å². The van der Waals surface area contributed by atoms with Crippen LogP contribution in [0.4, 0.5) is 5.69 Å². The Morgan fingerprint density at radius 2 is 2.28 bits per heavy atom. The third kappa shape index (κ3) is 3.62. The molecule has 7 heteroatoms. The molecule has 1 aromatic carbocycles. The zero-order chi connectivity index (χ0) is 13.5. The van der Waals surface area contributed by atoms with Crippen molar-refractivity contribution in [1.82, 2.24) is 0 Å². The van der Waals surface area contributed by atoms with Crippen LogP contribution in [0.3, 0.4) is 0 Å². The Bertz CT molecular complexity index is 524. The van der Waals surface area contributed by atoms with Crippen molar-refractivity contribution in [2.45, 2.75) is 6.92 Å². The van der Waals surface area contributed by atoms with E-state index in [2.05, 4.69) is 15.3 Å². The Balaban J connectivity index is 2.87. The van der Waals surface area contributed by atoms with Crippen molar-refractivity contribution in [1.29, 1.82) is 5.26 Å². The molecule has 0 aliphatic rings. The highest BCUT2D eigenvalue weighted by atomic mass is 35.5. The Morgan fingerprint density at radius 3 is 2.89 bits per heavy atom. The van der Waals surface area contributed by atoms with E-state index in [1.807, 2.05) is 0 Å². The van der Waals surface area contributed by atoms with Crippen LogP contribution in [0.15, 0.2) is 23.3 Å². The van der Waals surface area contributed by atoms with Gasteiger partial charge in [-0.2, -0.15) is 10.4 Å². The lowest BCUT2D eigenvalue weighted by Gasteiger charge is -2.05. The highest BCUT2D eigenvalue weighted by Crippen LogP contribution is 2.29.